The molecule has 1 aliphatic heterocycles. The molecule has 37 heavy (non-hydrogen) atoms. The Bertz CT molecular complexity index is 679. The van der Waals surface area contributed by atoms with Gasteiger partial charge >= 0.3 is 5.97 Å². The molecule has 2 atom stereocenters. The molecule has 0 bridgehead atoms. The molecule has 0 aromatic heterocycles. The van der Waals surface area contributed by atoms with Crippen molar-refractivity contribution >= 4 is 17.8 Å². The molecule has 1 fully saturated rings. The van der Waals surface area contributed by atoms with Gasteiger partial charge in [0.25, 0.3) is 0 Å². The van der Waals surface area contributed by atoms with E-state index in [1.165, 1.54) is 57.8 Å². The molecule has 3 N–H and O–H groups in total. The Morgan fingerprint density at radius 1 is 0.865 bits per heavy atom. The third kappa shape index (κ3) is 14.7. The van der Waals surface area contributed by atoms with E-state index in [2.05, 4.69) is 17.6 Å². The van der Waals surface area contributed by atoms with Gasteiger partial charge in [-0.3, -0.25) is 14.4 Å². The molecule has 0 aliphatic carbocycles. The molecule has 0 saturated carbocycles. The monoisotopic (exact) mass is 526 g/mol. The zero-order chi connectivity index (χ0) is 27.7. The van der Waals surface area contributed by atoms with Crippen LogP contribution in [0.1, 0.15) is 125 Å². The van der Waals surface area contributed by atoms with E-state index in [-0.39, 0.29) is 18.4 Å². The fourth-order valence-corrected chi connectivity index (χ4v) is 4.57. The van der Waals surface area contributed by atoms with Gasteiger partial charge in [-0.25, -0.2) is 0 Å². The largest absolute Gasteiger partial charge is 0.481 e. The number of ether oxygens (including phenoxy) is 2. The highest BCUT2D eigenvalue weighted by Crippen LogP contribution is 2.34. The molecule has 8 nitrogen and oxygen atoms in total. The van der Waals surface area contributed by atoms with Crippen molar-refractivity contribution < 1.29 is 29.0 Å². The van der Waals surface area contributed by atoms with Crippen molar-refractivity contribution in [2.75, 3.05) is 19.7 Å². The zero-order valence-corrected chi connectivity index (χ0v) is 24.2. The summed E-state index contributed by atoms with van der Waals surface area (Å²) in [6.07, 6.45) is 14.5. The molecule has 2 unspecified atom stereocenters. The van der Waals surface area contributed by atoms with Crippen LogP contribution in [0.3, 0.4) is 0 Å². The summed E-state index contributed by atoms with van der Waals surface area (Å²) < 4.78 is 11.5. The standard InChI is InChI=1S/C29H54N2O6/c1-6-7-8-9-10-11-12-13-14-15-16-19-24(32)30-20-17-18-23(27(34)35)21-31-26(33)25-28(2,3)22-36-29(4,5)37-25/h23,25H,6-22H2,1-5H3,(H,30,32)(H,31,33)(H,34,35). The lowest BCUT2D eigenvalue weighted by molar-refractivity contribution is -0.304. The van der Waals surface area contributed by atoms with Crippen LogP contribution in [-0.4, -0.2) is 54.5 Å². The van der Waals surface area contributed by atoms with Gasteiger partial charge in [0.2, 0.25) is 11.8 Å². The number of nitrogens with one attached hydrogen (secondary N) is 2. The summed E-state index contributed by atoms with van der Waals surface area (Å²) in [4.78, 5) is 36.5. The van der Waals surface area contributed by atoms with Crippen molar-refractivity contribution in [1.29, 1.82) is 0 Å². The van der Waals surface area contributed by atoms with Gasteiger partial charge in [-0.15, -0.1) is 0 Å². The summed E-state index contributed by atoms with van der Waals surface area (Å²) in [6, 6.07) is 0. The number of unbranched alkanes of at least 4 members (excludes halogenated alkanes) is 10. The molecule has 1 saturated heterocycles. The number of aliphatic carboxylic acids is 1. The van der Waals surface area contributed by atoms with E-state index in [4.69, 9.17) is 9.47 Å². The Balaban J connectivity index is 2.16. The third-order valence-electron chi connectivity index (χ3n) is 7.07. The van der Waals surface area contributed by atoms with Crippen LogP contribution in [0.15, 0.2) is 0 Å². The number of carboxylic acid groups (broad SMARTS) is 1. The molecule has 0 radical (unpaired) electrons. The minimum atomic E-state index is -0.958. The van der Waals surface area contributed by atoms with Crippen molar-refractivity contribution in [2.24, 2.45) is 11.3 Å². The molecular formula is C29H54N2O6. The summed E-state index contributed by atoms with van der Waals surface area (Å²) in [6.45, 7) is 10.4. The van der Waals surface area contributed by atoms with Gasteiger partial charge in [0.05, 0.1) is 12.5 Å². The highest BCUT2D eigenvalue weighted by Gasteiger charge is 2.45. The molecule has 1 aliphatic rings. The molecule has 1 rings (SSSR count). The van der Waals surface area contributed by atoms with E-state index in [9.17, 15) is 19.5 Å². The van der Waals surface area contributed by atoms with Crippen LogP contribution in [-0.2, 0) is 23.9 Å². The van der Waals surface area contributed by atoms with E-state index in [1.54, 1.807) is 13.8 Å². The van der Waals surface area contributed by atoms with Crippen molar-refractivity contribution in [2.45, 2.75) is 136 Å². The first kappa shape index (κ1) is 33.4. The topological polar surface area (TPSA) is 114 Å². The predicted octanol–water partition coefficient (Wildman–Crippen LogP) is 5.58. The van der Waals surface area contributed by atoms with Crippen LogP contribution >= 0.6 is 0 Å². The van der Waals surface area contributed by atoms with E-state index in [0.29, 0.717) is 32.4 Å². The van der Waals surface area contributed by atoms with Gasteiger partial charge in [0.1, 0.15) is 6.10 Å². The van der Waals surface area contributed by atoms with Crippen molar-refractivity contribution in [3.8, 4) is 0 Å². The highest BCUT2D eigenvalue weighted by atomic mass is 16.7. The van der Waals surface area contributed by atoms with Crippen molar-refractivity contribution in [3.63, 3.8) is 0 Å². The lowest BCUT2D eigenvalue weighted by Crippen LogP contribution is -2.57. The number of rotatable bonds is 20. The molecule has 0 spiro atoms. The van der Waals surface area contributed by atoms with Crippen LogP contribution in [0.5, 0.6) is 0 Å². The van der Waals surface area contributed by atoms with Gasteiger partial charge < -0.3 is 25.2 Å². The number of carbonyl (C=O) groups is 3. The second-order valence-electron chi connectivity index (χ2n) is 11.7. The SMILES string of the molecule is CCCCCCCCCCCCCC(=O)NCCCC(CNC(=O)C1OC(C)(C)OCC1(C)C)C(=O)O. The Hall–Kier alpha value is -1.67. The fraction of sp³-hybridized carbons (Fsp3) is 0.897. The van der Waals surface area contributed by atoms with Crippen LogP contribution < -0.4 is 10.6 Å². The number of amides is 2. The molecule has 216 valence electrons. The second kappa shape index (κ2) is 17.8. The quantitative estimate of drug-likeness (QED) is 0.179. The van der Waals surface area contributed by atoms with Crippen LogP contribution in [0.4, 0.5) is 0 Å². The number of hydrogen-bond acceptors (Lipinski definition) is 5. The summed E-state index contributed by atoms with van der Waals surface area (Å²) in [5.41, 5.74) is -0.517. The minimum Gasteiger partial charge on any atom is -0.481 e. The lowest BCUT2D eigenvalue weighted by atomic mass is 9.85. The van der Waals surface area contributed by atoms with Crippen molar-refractivity contribution in [1.82, 2.24) is 10.6 Å². The molecule has 1 heterocycles. The van der Waals surface area contributed by atoms with Gasteiger partial charge in [-0.1, -0.05) is 85.0 Å². The van der Waals surface area contributed by atoms with Gasteiger partial charge in [-0.2, -0.15) is 0 Å². The average Bonchev–Trinajstić information content (AvgIpc) is 2.83. The van der Waals surface area contributed by atoms with Crippen LogP contribution in [0.2, 0.25) is 0 Å². The molecule has 8 heteroatoms. The van der Waals surface area contributed by atoms with E-state index in [0.717, 1.165) is 12.8 Å². The first-order valence-electron chi connectivity index (χ1n) is 14.6. The summed E-state index contributed by atoms with van der Waals surface area (Å²) in [5.74, 6) is -2.84. The Morgan fingerprint density at radius 2 is 1.43 bits per heavy atom. The lowest BCUT2D eigenvalue weighted by Gasteiger charge is -2.44. The van der Waals surface area contributed by atoms with Crippen molar-refractivity contribution in [3.05, 3.63) is 0 Å². The fourth-order valence-electron chi connectivity index (χ4n) is 4.57. The highest BCUT2D eigenvalue weighted by molar-refractivity contribution is 5.82. The average molecular weight is 527 g/mol. The maximum atomic E-state index is 12.8. The number of carboxylic acids is 1. The normalized spacial score (nSPS) is 19.2. The summed E-state index contributed by atoms with van der Waals surface area (Å²) >= 11 is 0. The zero-order valence-electron chi connectivity index (χ0n) is 24.2. The first-order valence-corrected chi connectivity index (χ1v) is 14.6. The molecule has 0 aromatic rings. The number of carbonyl (C=O) groups excluding carboxylic acids is 2. The predicted molar refractivity (Wildman–Crippen MR) is 146 cm³/mol. The van der Waals surface area contributed by atoms with E-state index >= 15 is 0 Å². The Labute approximate surface area is 225 Å². The molecule has 0 aromatic carbocycles. The van der Waals surface area contributed by atoms with Gasteiger partial charge in [0, 0.05) is 24.9 Å². The van der Waals surface area contributed by atoms with Gasteiger partial charge in [0.15, 0.2) is 5.79 Å². The van der Waals surface area contributed by atoms with E-state index < -0.39 is 29.2 Å². The summed E-state index contributed by atoms with van der Waals surface area (Å²) in [7, 11) is 0. The van der Waals surface area contributed by atoms with Crippen LogP contribution in [0, 0.1) is 11.3 Å². The number of hydrogen-bond donors (Lipinski definition) is 3. The molecular weight excluding hydrogens is 472 g/mol. The maximum absolute atomic E-state index is 12.8. The van der Waals surface area contributed by atoms with E-state index in [1.807, 2.05) is 13.8 Å². The first-order chi connectivity index (χ1) is 17.5. The maximum Gasteiger partial charge on any atom is 0.308 e. The van der Waals surface area contributed by atoms with Gasteiger partial charge in [-0.05, 0) is 33.1 Å². The molecule has 2 amide bonds. The van der Waals surface area contributed by atoms with Crippen LogP contribution in [0.25, 0.3) is 0 Å². The summed E-state index contributed by atoms with van der Waals surface area (Å²) in [5, 5.41) is 15.2. The third-order valence-corrected chi connectivity index (χ3v) is 7.07. The minimum absolute atomic E-state index is 0.0256. The second-order valence-corrected chi connectivity index (χ2v) is 11.7. The Kier molecular flexibility index (Phi) is 16.0. The Morgan fingerprint density at radius 3 is 2.00 bits per heavy atom. The smallest absolute Gasteiger partial charge is 0.308 e.